The summed E-state index contributed by atoms with van der Waals surface area (Å²) < 4.78 is 13.0. The van der Waals surface area contributed by atoms with Crippen molar-refractivity contribution in [3.05, 3.63) is 35.6 Å². The molecule has 2 rings (SSSR count). The molecular formula is C16H23FN2O. The Hall–Kier alpha value is -1.42. The summed E-state index contributed by atoms with van der Waals surface area (Å²) >= 11 is 0. The van der Waals surface area contributed by atoms with Crippen LogP contribution in [0, 0.1) is 5.82 Å². The Labute approximate surface area is 120 Å². The van der Waals surface area contributed by atoms with E-state index < -0.39 is 0 Å². The molecule has 1 aromatic carbocycles. The monoisotopic (exact) mass is 278 g/mol. The molecule has 4 heteroatoms. The fourth-order valence-electron chi connectivity index (χ4n) is 2.72. The van der Waals surface area contributed by atoms with Crippen LogP contribution in [-0.4, -0.2) is 30.4 Å². The maximum Gasteiger partial charge on any atom is 0.234 e. The highest BCUT2D eigenvalue weighted by molar-refractivity contribution is 5.78. The summed E-state index contributed by atoms with van der Waals surface area (Å²) in [5.41, 5.74) is 1.10. The molecule has 0 bridgehead atoms. The normalized spacial score (nSPS) is 19.2. The van der Waals surface area contributed by atoms with Crippen molar-refractivity contribution in [1.82, 2.24) is 10.2 Å². The number of hydrogen-bond acceptors (Lipinski definition) is 2. The van der Waals surface area contributed by atoms with Gasteiger partial charge >= 0.3 is 0 Å². The molecule has 3 nitrogen and oxygen atoms in total. The molecule has 1 aliphatic rings. The van der Waals surface area contributed by atoms with Gasteiger partial charge in [0.05, 0.1) is 6.54 Å². The minimum atomic E-state index is -0.212. The molecule has 1 unspecified atom stereocenters. The van der Waals surface area contributed by atoms with Gasteiger partial charge in [-0.3, -0.25) is 9.69 Å². The van der Waals surface area contributed by atoms with Crippen LogP contribution in [0.1, 0.15) is 44.2 Å². The molecule has 20 heavy (non-hydrogen) atoms. The first-order valence-electron chi connectivity index (χ1n) is 7.47. The number of amides is 1. The number of hydrogen-bond donors (Lipinski definition) is 1. The van der Waals surface area contributed by atoms with E-state index in [1.54, 1.807) is 0 Å². The average molecular weight is 278 g/mol. The minimum absolute atomic E-state index is 0.0902. The van der Waals surface area contributed by atoms with Crippen LogP contribution in [-0.2, 0) is 4.79 Å². The first-order valence-corrected chi connectivity index (χ1v) is 7.47. The minimum Gasteiger partial charge on any atom is -0.355 e. The van der Waals surface area contributed by atoms with Crippen molar-refractivity contribution in [1.29, 1.82) is 0 Å². The largest absolute Gasteiger partial charge is 0.355 e. The molecule has 1 aromatic rings. The summed E-state index contributed by atoms with van der Waals surface area (Å²) in [6.07, 6.45) is 4.23. The van der Waals surface area contributed by atoms with Crippen LogP contribution in [0.4, 0.5) is 4.39 Å². The third kappa shape index (κ3) is 4.04. The zero-order chi connectivity index (χ0) is 14.4. The topological polar surface area (TPSA) is 32.3 Å². The van der Waals surface area contributed by atoms with Gasteiger partial charge in [-0.1, -0.05) is 25.5 Å². The highest BCUT2D eigenvalue weighted by atomic mass is 19.1. The number of likely N-dealkylation sites (tertiary alicyclic amines) is 1. The highest BCUT2D eigenvalue weighted by Crippen LogP contribution is 2.31. The predicted molar refractivity (Wildman–Crippen MR) is 77.9 cm³/mol. The van der Waals surface area contributed by atoms with Gasteiger partial charge in [0.25, 0.3) is 0 Å². The Morgan fingerprint density at radius 1 is 1.40 bits per heavy atom. The number of unbranched alkanes of at least 4 members (excludes halogenated alkanes) is 1. The second-order valence-corrected chi connectivity index (χ2v) is 5.38. The molecular weight excluding hydrogens is 255 g/mol. The quantitative estimate of drug-likeness (QED) is 0.812. The molecule has 0 saturated carbocycles. The molecule has 0 spiro atoms. The smallest absolute Gasteiger partial charge is 0.234 e. The molecule has 0 aromatic heterocycles. The van der Waals surface area contributed by atoms with Gasteiger partial charge < -0.3 is 5.32 Å². The fraction of sp³-hybridized carbons (Fsp3) is 0.562. The average Bonchev–Trinajstić information content (AvgIpc) is 2.88. The number of nitrogens with one attached hydrogen (secondary N) is 1. The van der Waals surface area contributed by atoms with E-state index in [-0.39, 0.29) is 17.8 Å². The van der Waals surface area contributed by atoms with E-state index in [0.29, 0.717) is 6.54 Å². The number of rotatable bonds is 6. The van der Waals surface area contributed by atoms with Gasteiger partial charge in [0.2, 0.25) is 5.91 Å². The number of carbonyl (C=O) groups excluding carboxylic acids is 1. The Kier molecular flexibility index (Phi) is 5.53. The lowest BCUT2D eigenvalue weighted by Crippen LogP contribution is -2.37. The van der Waals surface area contributed by atoms with E-state index in [4.69, 9.17) is 0 Å². The van der Waals surface area contributed by atoms with E-state index in [1.807, 2.05) is 12.1 Å². The molecule has 1 saturated heterocycles. The summed E-state index contributed by atoms with van der Waals surface area (Å²) in [5, 5.41) is 2.95. The lowest BCUT2D eigenvalue weighted by molar-refractivity contribution is -0.122. The lowest BCUT2D eigenvalue weighted by atomic mass is 10.0. The maximum atomic E-state index is 13.0. The molecule has 1 N–H and O–H groups in total. The van der Waals surface area contributed by atoms with Crippen molar-refractivity contribution < 1.29 is 9.18 Å². The summed E-state index contributed by atoms with van der Waals surface area (Å²) in [6.45, 7) is 4.23. The second-order valence-electron chi connectivity index (χ2n) is 5.38. The van der Waals surface area contributed by atoms with Crippen LogP contribution in [0.3, 0.4) is 0 Å². The third-order valence-electron chi connectivity index (χ3n) is 3.82. The zero-order valence-electron chi connectivity index (χ0n) is 12.1. The summed E-state index contributed by atoms with van der Waals surface area (Å²) in [5.74, 6) is -0.122. The molecule has 1 aliphatic heterocycles. The van der Waals surface area contributed by atoms with E-state index in [9.17, 15) is 9.18 Å². The number of nitrogens with zero attached hydrogens (tertiary/aromatic N) is 1. The maximum absolute atomic E-state index is 13.0. The standard InChI is InChI=1S/C16H23FN2O/c1-2-3-10-18-16(20)12-19-11-4-5-15(19)13-6-8-14(17)9-7-13/h6-9,15H,2-5,10-12H2,1H3,(H,18,20). The van der Waals surface area contributed by atoms with Crippen LogP contribution in [0.5, 0.6) is 0 Å². The van der Waals surface area contributed by atoms with Gasteiger partial charge in [0, 0.05) is 12.6 Å². The van der Waals surface area contributed by atoms with Crippen molar-refractivity contribution in [2.24, 2.45) is 0 Å². The molecule has 1 fully saturated rings. The van der Waals surface area contributed by atoms with Crippen LogP contribution < -0.4 is 5.32 Å². The van der Waals surface area contributed by atoms with Crippen LogP contribution in [0.2, 0.25) is 0 Å². The van der Waals surface area contributed by atoms with Crippen molar-refractivity contribution in [2.75, 3.05) is 19.6 Å². The Morgan fingerprint density at radius 3 is 2.85 bits per heavy atom. The van der Waals surface area contributed by atoms with E-state index in [1.165, 1.54) is 12.1 Å². The SMILES string of the molecule is CCCCNC(=O)CN1CCCC1c1ccc(F)cc1. The first-order chi connectivity index (χ1) is 9.70. The van der Waals surface area contributed by atoms with Gasteiger partial charge in [-0.2, -0.15) is 0 Å². The van der Waals surface area contributed by atoms with Crippen LogP contribution in [0.15, 0.2) is 24.3 Å². The number of benzene rings is 1. The summed E-state index contributed by atoms with van der Waals surface area (Å²) in [7, 11) is 0. The molecule has 1 amide bonds. The van der Waals surface area contributed by atoms with Crippen molar-refractivity contribution in [2.45, 2.75) is 38.6 Å². The van der Waals surface area contributed by atoms with Crippen LogP contribution in [0.25, 0.3) is 0 Å². The third-order valence-corrected chi connectivity index (χ3v) is 3.82. The van der Waals surface area contributed by atoms with Crippen molar-refractivity contribution in [3.63, 3.8) is 0 Å². The molecule has 110 valence electrons. The Morgan fingerprint density at radius 2 is 2.15 bits per heavy atom. The molecule has 1 atom stereocenters. The van der Waals surface area contributed by atoms with Crippen molar-refractivity contribution in [3.8, 4) is 0 Å². The van der Waals surface area contributed by atoms with E-state index >= 15 is 0 Å². The van der Waals surface area contributed by atoms with Gasteiger partial charge in [0.1, 0.15) is 5.82 Å². The molecule has 0 radical (unpaired) electrons. The van der Waals surface area contributed by atoms with E-state index in [2.05, 4.69) is 17.1 Å². The number of carbonyl (C=O) groups is 1. The molecule has 1 heterocycles. The summed E-state index contributed by atoms with van der Waals surface area (Å²) in [4.78, 5) is 14.1. The number of halogens is 1. The second kappa shape index (κ2) is 7.39. The van der Waals surface area contributed by atoms with E-state index in [0.717, 1.165) is 44.3 Å². The van der Waals surface area contributed by atoms with Crippen LogP contribution >= 0.6 is 0 Å². The fourth-order valence-corrected chi connectivity index (χ4v) is 2.72. The molecule has 0 aliphatic carbocycles. The Bertz CT molecular complexity index is 433. The predicted octanol–water partition coefficient (Wildman–Crippen LogP) is 2.88. The van der Waals surface area contributed by atoms with Gasteiger partial charge in [-0.25, -0.2) is 4.39 Å². The van der Waals surface area contributed by atoms with Gasteiger partial charge in [-0.15, -0.1) is 0 Å². The van der Waals surface area contributed by atoms with Crippen molar-refractivity contribution >= 4 is 5.91 Å². The lowest BCUT2D eigenvalue weighted by Gasteiger charge is -2.24. The first kappa shape index (κ1) is 15.0. The zero-order valence-corrected chi connectivity index (χ0v) is 12.1. The van der Waals surface area contributed by atoms with Gasteiger partial charge in [0.15, 0.2) is 0 Å². The Balaban J connectivity index is 1.90. The highest BCUT2D eigenvalue weighted by Gasteiger charge is 2.27. The van der Waals surface area contributed by atoms with Gasteiger partial charge in [-0.05, 0) is 43.5 Å². The summed E-state index contributed by atoms with van der Waals surface area (Å²) in [6, 6.07) is 6.88.